The quantitative estimate of drug-likeness (QED) is 0.596. The Balaban J connectivity index is 1.57. The minimum Gasteiger partial charge on any atom is -0.491 e. The molecule has 2 atom stereocenters. The van der Waals surface area contributed by atoms with Gasteiger partial charge in [-0.2, -0.15) is 4.39 Å². The lowest BCUT2D eigenvalue weighted by molar-refractivity contribution is -0.0471. The van der Waals surface area contributed by atoms with E-state index in [0.717, 1.165) is 38.7 Å². The monoisotopic (exact) mass is 364 g/mol. The van der Waals surface area contributed by atoms with Gasteiger partial charge in [0.15, 0.2) is 11.6 Å². The molecule has 1 aromatic rings. The van der Waals surface area contributed by atoms with Crippen molar-refractivity contribution in [2.24, 2.45) is 11.8 Å². The fourth-order valence-electron chi connectivity index (χ4n) is 4.52. The zero-order valence-corrected chi connectivity index (χ0v) is 15.8. The molecule has 0 amide bonds. The molecule has 1 saturated heterocycles. The summed E-state index contributed by atoms with van der Waals surface area (Å²) in [6.45, 7) is 4.96. The molecule has 1 aliphatic heterocycles. The van der Waals surface area contributed by atoms with Crippen molar-refractivity contribution in [3.8, 4) is 5.75 Å². The number of hydrogen-bond acceptors (Lipinski definition) is 2. The number of hydrogen-bond donors (Lipinski definition) is 0. The van der Waals surface area contributed by atoms with E-state index in [4.69, 9.17) is 9.47 Å². The van der Waals surface area contributed by atoms with Crippen LogP contribution in [-0.2, 0) is 4.74 Å². The molecule has 1 aromatic carbocycles. The second-order valence-electron chi connectivity index (χ2n) is 7.56. The summed E-state index contributed by atoms with van der Waals surface area (Å²) in [7, 11) is 0. The summed E-state index contributed by atoms with van der Waals surface area (Å²) in [5.41, 5.74) is 0.502. The van der Waals surface area contributed by atoms with E-state index in [-0.39, 0.29) is 11.7 Å². The van der Waals surface area contributed by atoms with Crippen LogP contribution in [-0.4, -0.2) is 19.3 Å². The summed E-state index contributed by atoms with van der Waals surface area (Å²) in [4.78, 5) is 0. The van der Waals surface area contributed by atoms with Crippen LogP contribution in [0.25, 0.3) is 0 Å². The van der Waals surface area contributed by atoms with Crippen molar-refractivity contribution in [1.29, 1.82) is 0 Å². The first-order valence-corrected chi connectivity index (χ1v) is 9.99. The van der Waals surface area contributed by atoms with Crippen LogP contribution in [0.3, 0.4) is 0 Å². The van der Waals surface area contributed by atoms with Gasteiger partial charge in [-0.25, -0.2) is 4.39 Å². The van der Waals surface area contributed by atoms with Crippen molar-refractivity contribution in [2.75, 3.05) is 13.2 Å². The summed E-state index contributed by atoms with van der Waals surface area (Å²) in [6, 6.07) is 3.27. The summed E-state index contributed by atoms with van der Waals surface area (Å²) in [5.74, 6) is -0.383. The molecule has 0 bridgehead atoms. The fourth-order valence-corrected chi connectivity index (χ4v) is 4.52. The van der Waals surface area contributed by atoms with E-state index in [1.54, 1.807) is 19.1 Å². The topological polar surface area (TPSA) is 18.5 Å². The van der Waals surface area contributed by atoms with Gasteiger partial charge in [0.25, 0.3) is 0 Å². The van der Waals surface area contributed by atoms with Crippen LogP contribution in [0.1, 0.15) is 63.9 Å². The van der Waals surface area contributed by atoms with E-state index in [1.807, 2.05) is 0 Å². The smallest absolute Gasteiger partial charge is 0.200 e. The van der Waals surface area contributed by atoms with Crippen LogP contribution in [0.15, 0.2) is 24.3 Å². The van der Waals surface area contributed by atoms with E-state index >= 15 is 0 Å². The Bertz CT molecular complexity index is 613. The molecule has 0 aromatic heterocycles. The first-order chi connectivity index (χ1) is 12.6. The molecule has 2 aliphatic rings. The predicted octanol–water partition coefficient (Wildman–Crippen LogP) is 6.01. The maximum Gasteiger partial charge on any atom is 0.200 e. The molecule has 0 radical (unpaired) electrons. The third kappa shape index (κ3) is 4.28. The zero-order valence-electron chi connectivity index (χ0n) is 15.8. The second-order valence-corrected chi connectivity index (χ2v) is 7.56. The number of halogens is 2. The minimum atomic E-state index is -0.850. The molecular formula is C22H30F2O2. The zero-order chi connectivity index (χ0) is 18.5. The predicted molar refractivity (Wildman–Crippen MR) is 99.5 cm³/mol. The molecule has 3 rings (SSSR count). The molecule has 1 aliphatic carbocycles. The van der Waals surface area contributed by atoms with Crippen LogP contribution in [0.4, 0.5) is 8.78 Å². The van der Waals surface area contributed by atoms with Crippen LogP contribution in [0.5, 0.6) is 5.75 Å². The average molecular weight is 364 g/mol. The molecule has 1 heterocycles. The van der Waals surface area contributed by atoms with E-state index in [2.05, 4.69) is 19.1 Å². The van der Waals surface area contributed by atoms with E-state index < -0.39 is 11.6 Å². The number of allylic oxidation sites excluding steroid dienone is 1. The van der Waals surface area contributed by atoms with Gasteiger partial charge in [-0.3, -0.25) is 0 Å². The van der Waals surface area contributed by atoms with Crippen LogP contribution >= 0.6 is 0 Å². The number of rotatable bonds is 5. The summed E-state index contributed by atoms with van der Waals surface area (Å²) >= 11 is 0. The molecule has 4 heteroatoms. The molecular weight excluding hydrogens is 334 g/mol. The maximum absolute atomic E-state index is 14.5. The van der Waals surface area contributed by atoms with Gasteiger partial charge in [-0.1, -0.05) is 18.2 Å². The molecule has 1 saturated carbocycles. The molecule has 2 unspecified atom stereocenters. The van der Waals surface area contributed by atoms with Gasteiger partial charge in [-0.15, -0.1) is 0 Å². The van der Waals surface area contributed by atoms with Crippen molar-refractivity contribution in [3.63, 3.8) is 0 Å². The van der Waals surface area contributed by atoms with Gasteiger partial charge in [-0.05, 0) is 75.8 Å². The standard InChI is InChI=1S/C22H30F2O2/c1-3-5-15-6-12-19(26-14-15)17-9-7-16(8-10-17)18-11-13-20(25-4-2)22(24)21(18)23/h3,5,11,13,15-17,19H,4,6-10,12,14H2,1-2H3/b5-3+. The molecule has 0 N–H and O–H groups in total. The Morgan fingerprint density at radius 3 is 2.46 bits per heavy atom. The van der Waals surface area contributed by atoms with E-state index in [0.29, 0.717) is 30.1 Å². The Hall–Kier alpha value is -1.42. The van der Waals surface area contributed by atoms with E-state index in [1.165, 1.54) is 6.42 Å². The molecule has 2 fully saturated rings. The van der Waals surface area contributed by atoms with Crippen molar-refractivity contribution < 1.29 is 18.3 Å². The Labute approximate surface area is 155 Å². The highest BCUT2D eigenvalue weighted by Gasteiger charge is 2.32. The van der Waals surface area contributed by atoms with Gasteiger partial charge in [0.05, 0.1) is 19.3 Å². The van der Waals surface area contributed by atoms with Crippen molar-refractivity contribution in [2.45, 2.75) is 64.4 Å². The summed E-state index contributed by atoms with van der Waals surface area (Å²) < 4.78 is 39.8. The largest absolute Gasteiger partial charge is 0.491 e. The highest BCUT2D eigenvalue weighted by atomic mass is 19.2. The highest BCUT2D eigenvalue weighted by molar-refractivity contribution is 5.33. The Morgan fingerprint density at radius 2 is 1.85 bits per heavy atom. The summed E-state index contributed by atoms with van der Waals surface area (Å²) in [6.07, 6.45) is 10.8. The number of ether oxygens (including phenoxy) is 2. The molecule has 0 spiro atoms. The third-order valence-electron chi connectivity index (χ3n) is 5.93. The fraction of sp³-hybridized carbons (Fsp3) is 0.636. The van der Waals surface area contributed by atoms with Gasteiger partial charge in [0.1, 0.15) is 0 Å². The number of benzene rings is 1. The van der Waals surface area contributed by atoms with Crippen molar-refractivity contribution in [3.05, 3.63) is 41.5 Å². The average Bonchev–Trinajstić information content (AvgIpc) is 2.67. The van der Waals surface area contributed by atoms with Crippen LogP contribution in [0.2, 0.25) is 0 Å². The van der Waals surface area contributed by atoms with Crippen LogP contribution < -0.4 is 4.74 Å². The molecule has 26 heavy (non-hydrogen) atoms. The lowest BCUT2D eigenvalue weighted by Crippen LogP contribution is -2.33. The van der Waals surface area contributed by atoms with Gasteiger partial charge in [0.2, 0.25) is 5.82 Å². The molecule has 2 nitrogen and oxygen atoms in total. The van der Waals surface area contributed by atoms with E-state index in [9.17, 15) is 8.78 Å². The van der Waals surface area contributed by atoms with Crippen molar-refractivity contribution >= 4 is 0 Å². The maximum atomic E-state index is 14.5. The third-order valence-corrected chi connectivity index (χ3v) is 5.93. The Morgan fingerprint density at radius 1 is 1.08 bits per heavy atom. The lowest BCUT2D eigenvalue weighted by Gasteiger charge is -2.37. The van der Waals surface area contributed by atoms with Crippen LogP contribution in [0, 0.1) is 23.5 Å². The Kier molecular flexibility index (Phi) is 6.68. The lowest BCUT2D eigenvalue weighted by atomic mass is 9.75. The molecule has 144 valence electrons. The highest BCUT2D eigenvalue weighted by Crippen LogP contribution is 2.41. The van der Waals surface area contributed by atoms with Gasteiger partial charge in [0, 0.05) is 5.92 Å². The second kappa shape index (κ2) is 8.98. The van der Waals surface area contributed by atoms with Gasteiger partial charge >= 0.3 is 0 Å². The first-order valence-electron chi connectivity index (χ1n) is 9.99. The normalized spacial score (nSPS) is 29.8. The minimum absolute atomic E-state index is 0.00808. The summed E-state index contributed by atoms with van der Waals surface area (Å²) in [5, 5.41) is 0. The van der Waals surface area contributed by atoms with Crippen molar-refractivity contribution in [1.82, 2.24) is 0 Å². The first kappa shape index (κ1) is 19.3. The van der Waals surface area contributed by atoms with Gasteiger partial charge < -0.3 is 9.47 Å². The SMILES string of the molecule is C/C=C/C1CCC(C2CCC(c3ccc(OCC)c(F)c3F)CC2)OC1.